The number of aromatic nitrogens is 2. The van der Waals surface area contributed by atoms with Crippen LogP contribution in [0.2, 0.25) is 5.02 Å². The topological polar surface area (TPSA) is 71.8 Å². The number of fused-ring (bicyclic) bond motifs is 2. The van der Waals surface area contributed by atoms with E-state index in [0.717, 1.165) is 85.0 Å². The third-order valence-electron chi connectivity index (χ3n) is 8.59. The van der Waals surface area contributed by atoms with E-state index < -0.39 is 0 Å². The van der Waals surface area contributed by atoms with Crippen LogP contribution in [-0.4, -0.2) is 79.2 Å². The third-order valence-corrected chi connectivity index (χ3v) is 8.91. The summed E-state index contributed by atoms with van der Waals surface area (Å²) in [6, 6.07) is 13.3. The molecule has 0 N–H and O–H groups in total. The van der Waals surface area contributed by atoms with E-state index in [4.69, 9.17) is 26.3 Å². The molecule has 4 heterocycles. The summed E-state index contributed by atoms with van der Waals surface area (Å²) in [4.78, 5) is 18.8. The molecule has 39 heavy (non-hydrogen) atoms. The third kappa shape index (κ3) is 5.30. The molecule has 2 fully saturated rings. The van der Waals surface area contributed by atoms with Crippen molar-refractivity contribution in [3.05, 3.63) is 52.7 Å². The summed E-state index contributed by atoms with van der Waals surface area (Å²) in [5.74, 6) is 1.40. The van der Waals surface area contributed by atoms with Crippen molar-refractivity contribution in [2.24, 2.45) is 5.92 Å². The molecule has 3 aliphatic rings. The molecular weight excluding hydrogens is 510 g/mol. The average Bonchev–Trinajstić information content (AvgIpc) is 3.59. The van der Waals surface area contributed by atoms with Gasteiger partial charge in [-0.05, 0) is 62.7 Å². The number of hydrogen-bond donors (Lipinski definition) is 0. The minimum atomic E-state index is 0.399. The molecule has 204 valence electrons. The fourth-order valence-electron chi connectivity index (χ4n) is 6.42. The molecule has 2 aromatic carbocycles. The lowest BCUT2D eigenvalue weighted by Crippen LogP contribution is -2.35. The second-order valence-corrected chi connectivity index (χ2v) is 11.6. The lowest BCUT2D eigenvalue weighted by Gasteiger charge is -2.34. The molecule has 0 bridgehead atoms. The van der Waals surface area contributed by atoms with Crippen LogP contribution in [-0.2, 0) is 13.0 Å². The molecule has 2 unspecified atom stereocenters. The highest BCUT2D eigenvalue weighted by molar-refractivity contribution is 6.36. The fourth-order valence-corrected chi connectivity index (χ4v) is 6.70. The highest BCUT2D eigenvalue weighted by atomic mass is 35.5. The Bertz CT molecular complexity index is 1390. The molecule has 8 nitrogen and oxygen atoms in total. The maximum absolute atomic E-state index is 9.31. The number of nitrogens with zero attached hydrogens (tertiary/aromatic N) is 7. The lowest BCUT2D eigenvalue weighted by molar-refractivity contribution is 0.187. The van der Waals surface area contributed by atoms with Crippen LogP contribution in [0.5, 0.6) is 6.01 Å². The van der Waals surface area contributed by atoms with E-state index in [-0.39, 0.29) is 0 Å². The molecule has 0 saturated carbocycles. The number of likely N-dealkylation sites (N-methyl/N-ethyl adjacent to an activating group) is 1. The molecule has 0 amide bonds. The Morgan fingerprint density at radius 2 is 1.97 bits per heavy atom. The molecule has 0 radical (unpaired) electrons. The van der Waals surface area contributed by atoms with Crippen LogP contribution >= 0.6 is 11.6 Å². The van der Waals surface area contributed by atoms with Crippen LogP contribution in [0.25, 0.3) is 10.8 Å². The van der Waals surface area contributed by atoms with Crippen molar-refractivity contribution in [2.75, 3.05) is 63.2 Å². The number of hydrogen-bond acceptors (Lipinski definition) is 8. The molecule has 3 aromatic rings. The Morgan fingerprint density at radius 3 is 2.74 bits per heavy atom. The van der Waals surface area contributed by atoms with E-state index in [1.54, 1.807) is 0 Å². The molecule has 0 spiro atoms. The minimum absolute atomic E-state index is 0.399. The van der Waals surface area contributed by atoms with Crippen LogP contribution in [0.1, 0.15) is 30.5 Å². The lowest BCUT2D eigenvalue weighted by atomic mass is 10.0. The van der Waals surface area contributed by atoms with Gasteiger partial charge in [0.1, 0.15) is 12.4 Å². The summed E-state index contributed by atoms with van der Waals surface area (Å²) in [6.07, 6.45) is 6.51. The normalized spacial score (nSPS) is 21.3. The molecule has 6 rings (SSSR count). The van der Waals surface area contributed by atoms with Crippen LogP contribution in [0.15, 0.2) is 36.4 Å². The van der Waals surface area contributed by atoms with Crippen LogP contribution < -0.4 is 14.5 Å². The average molecular weight is 546 g/mol. The maximum atomic E-state index is 9.31. The van der Waals surface area contributed by atoms with E-state index in [2.05, 4.69) is 59.3 Å². The maximum Gasteiger partial charge on any atom is 0.318 e. The molecule has 2 atom stereocenters. The SMILES string of the molecule is CN(CC1CCN(C#N)C1)c1nc(OCC2CCCN2C)nc2c1CCN(c1cccc3cccc(Cl)c13)C2. The summed E-state index contributed by atoms with van der Waals surface area (Å²) < 4.78 is 6.27. The molecular formula is C30H36ClN7O. The Labute approximate surface area is 235 Å². The Morgan fingerprint density at radius 1 is 1.13 bits per heavy atom. The van der Waals surface area contributed by atoms with Gasteiger partial charge in [-0.15, -0.1) is 0 Å². The molecule has 9 heteroatoms. The number of ether oxygens (including phenoxy) is 1. The largest absolute Gasteiger partial charge is 0.462 e. The van der Waals surface area contributed by atoms with E-state index in [0.29, 0.717) is 31.1 Å². The first kappa shape index (κ1) is 26.0. The summed E-state index contributed by atoms with van der Waals surface area (Å²) >= 11 is 6.68. The number of halogens is 1. The first-order chi connectivity index (χ1) is 19.0. The minimum Gasteiger partial charge on any atom is -0.462 e. The molecule has 2 saturated heterocycles. The quantitative estimate of drug-likeness (QED) is 0.400. The number of likely N-dealkylation sites (tertiary alicyclic amines) is 2. The summed E-state index contributed by atoms with van der Waals surface area (Å²) in [5.41, 5.74) is 3.34. The van der Waals surface area contributed by atoms with Crippen molar-refractivity contribution < 1.29 is 4.74 Å². The van der Waals surface area contributed by atoms with E-state index in [1.807, 2.05) is 17.0 Å². The van der Waals surface area contributed by atoms with Gasteiger partial charge in [-0.25, -0.2) is 0 Å². The van der Waals surface area contributed by atoms with Crippen LogP contribution in [0, 0.1) is 17.4 Å². The molecule has 3 aliphatic heterocycles. The van der Waals surface area contributed by atoms with Gasteiger partial charge in [0.05, 0.1) is 17.3 Å². The van der Waals surface area contributed by atoms with Crippen molar-refractivity contribution in [3.8, 4) is 12.2 Å². The number of anilines is 2. The van der Waals surface area contributed by atoms with Gasteiger partial charge in [-0.2, -0.15) is 15.2 Å². The highest BCUT2D eigenvalue weighted by Crippen LogP contribution is 2.37. The predicted octanol–water partition coefficient (Wildman–Crippen LogP) is 4.56. The van der Waals surface area contributed by atoms with Gasteiger partial charge in [-0.1, -0.05) is 35.9 Å². The fraction of sp³-hybridized carbons (Fsp3) is 0.500. The smallest absolute Gasteiger partial charge is 0.318 e. The zero-order valence-corrected chi connectivity index (χ0v) is 23.6. The van der Waals surface area contributed by atoms with Crippen LogP contribution in [0.3, 0.4) is 0 Å². The molecule has 0 aliphatic carbocycles. The number of nitriles is 1. The van der Waals surface area contributed by atoms with Gasteiger partial charge in [0, 0.05) is 55.9 Å². The summed E-state index contributed by atoms with van der Waals surface area (Å²) in [6.45, 7) is 5.74. The highest BCUT2D eigenvalue weighted by Gasteiger charge is 2.29. The van der Waals surface area contributed by atoms with Crippen LogP contribution in [0.4, 0.5) is 11.5 Å². The number of rotatable bonds is 7. The second-order valence-electron chi connectivity index (χ2n) is 11.2. The number of benzene rings is 2. The van der Waals surface area contributed by atoms with Gasteiger partial charge in [0.2, 0.25) is 0 Å². The van der Waals surface area contributed by atoms with Gasteiger partial charge < -0.3 is 24.3 Å². The Hall–Kier alpha value is -3.28. The van der Waals surface area contributed by atoms with E-state index in [9.17, 15) is 5.26 Å². The van der Waals surface area contributed by atoms with Crippen molar-refractivity contribution in [1.82, 2.24) is 19.8 Å². The van der Waals surface area contributed by atoms with E-state index >= 15 is 0 Å². The first-order valence-corrected chi connectivity index (χ1v) is 14.4. The van der Waals surface area contributed by atoms with Crippen molar-refractivity contribution >= 4 is 33.9 Å². The second kappa shape index (κ2) is 11.1. The van der Waals surface area contributed by atoms with Gasteiger partial charge in [0.25, 0.3) is 0 Å². The van der Waals surface area contributed by atoms with Gasteiger partial charge in [0.15, 0.2) is 6.19 Å². The zero-order chi connectivity index (χ0) is 26.9. The Balaban J connectivity index is 1.30. The zero-order valence-electron chi connectivity index (χ0n) is 22.8. The van der Waals surface area contributed by atoms with Gasteiger partial charge >= 0.3 is 6.01 Å². The van der Waals surface area contributed by atoms with Crippen molar-refractivity contribution in [2.45, 2.75) is 38.3 Å². The molecule has 1 aromatic heterocycles. The predicted molar refractivity (Wildman–Crippen MR) is 155 cm³/mol. The van der Waals surface area contributed by atoms with E-state index in [1.165, 1.54) is 12.0 Å². The van der Waals surface area contributed by atoms with Crippen molar-refractivity contribution in [3.63, 3.8) is 0 Å². The van der Waals surface area contributed by atoms with Crippen molar-refractivity contribution in [1.29, 1.82) is 5.26 Å². The standard InChI is InChI=1S/C30H36ClN7O/c1-35-13-5-8-23(35)19-39-30-33-26-18-38(27-10-4-7-22-6-3-9-25(31)28(22)27)15-12-24(26)29(34-30)36(2)16-21-11-14-37(17-21)20-32/h3-4,6-7,9-10,21,23H,5,8,11-19H2,1-2H3. The first-order valence-electron chi connectivity index (χ1n) is 14.0. The monoisotopic (exact) mass is 545 g/mol. The summed E-state index contributed by atoms with van der Waals surface area (Å²) in [5, 5.41) is 12.3. The summed E-state index contributed by atoms with van der Waals surface area (Å²) in [7, 11) is 4.27. The Kier molecular flexibility index (Phi) is 7.37. The van der Waals surface area contributed by atoms with Gasteiger partial charge in [-0.3, -0.25) is 0 Å².